The van der Waals surface area contributed by atoms with Crippen molar-refractivity contribution in [2.24, 2.45) is 28.9 Å². The first-order chi connectivity index (χ1) is 35.5. The summed E-state index contributed by atoms with van der Waals surface area (Å²) in [5.74, 6) is -5.14. The van der Waals surface area contributed by atoms with Crippen LogP contribution in [-0.4, -0.2) is 138 Å². The Labute approximate surface area is 448 Å². The zero-order valence-corrected chi connectivity index (χ0v) is 46.6. The molecule has 0 saturated carbocycles. The summed E-state index contributed by atoms with van der Waals surface area (Å²) in [7, 11) is 3.68. The van der Waals surface area contributed by atoms with Gasteiger partial charge >= 0.3 is 5.97 Å². The van der Waals surface area contributed by atoms with Crippen LogP contribution >= 0.6 is 0 Å². The summed E-state index contributed by atoms with van der Waals surface area (Å²) in [6.45, 7) is 19.3. The molecule has 1 saturated heterocycles. The van der Waals surface area contributed by atoms with Crippen molar-refractivity contribution in [3.8, 4) is 0 Å². The van der Waals surface area contributed by atoms with Crippen molar-refractivity contribution < 1.29 is 53.4 Å². The normalized spacial score (nSPS) is 16.0. The van der Waals surface area contributed by atoms with Crippen molar-refractivity contribution in [1.82, 2.24) is 41.9 Å². The zero-order valence-electron chi connectivity index (χ0n) is 46.6. The van der Waals surface area contributed by atoms with Gasteiger partial charge in [0, 0.05) is 42.6 Å². The number of carbonyl (C=O) groups excluding carboxylic acids is 7. The predicted molar refractivity (Wildman–Crippen MR) is 289 cm³/mol. The Bertz CT molecular complexity index is 2290. The van der Waals surface area contributed by atoms with Crippen LogP contribution in [0.3, 0.4) is 0 Å². The van der Waals surface area contributed by atoms with Gasteiger partial charge in [0.1, 0.15) is 18.1 Å². The number of anilines is 1. The Morgan fingerprint density at radius 1 is 0.803 bits per heavy atom. The standard InChI is InChI=1S/C55H86N10O11/c1-33(2)41(60-50(71)45(54(6,7)8)62-51(72)46(64(11)12)55(9,10)38-17-14-13-15-18-38)31-35(5)47(68)63-76-32-36-20-22-39(23-21-36)58-48(69)40(19-16-28-57-53(56)75)59-49(70)44(34(3)4)61-42(66)24-25-43(67)65-29-26-37(27-30-65)52(73)74/h13-15,17-18,20-23,31,33-34,37,40-41,44-46,53,57,75H,16,19,24-30,32,56H2,1-12H3,(H,58,69)(H,59,70)(H,60,71)(H,61,66)(H,62,72)(H,63,68)(H,73,74)/b35-31+/t40-,41+,44-,45+,46+,53?/m0/s1. The van der Waals surface area contributed by atoms with Crippen LogP contribution in [0.2, 0.25) is 0 Å². The van der Waals surface area contributed by atoms with E-state index in [0.29, 0.717) is 30.5 Å². The summed E-state index contributed by atoms with van der Waals surface area (Å²) in [5, 5.41) is 35.7. The van der Waals surface area contributed by atoms with Crippen LogP contribution < -0.4 is 43.1 Å². The number of aliphatic hydroxyl groups excluding tert-OH is 1. The number of aliphatic hydroxyl groups is 1. The summed E-state index contributed by atoms with van der Waals surface area (Å²) < 4.78 is 0. The highest BCUT2D eigenvalue weighted by Crippen LogP contribution is 2.31. The smallest absolute Gasteiger partial charge is 0.306 e. The maximum absolute atomic E-state index is 14.1. The molecular weight excluding hydrogens is 977 g/mol. The first kappa shape index (κ1) is 64.0. The molecule has 1 aliphatic heterocycles. The number of hydrogen-bond donors (Lipinski definition) is 10. The topological polar surface area (TPSA) is 303 Å². The molecule has 0 bridgehead atoms. The predicted octanol–water partition coefficient (Wildman–Crippen LogP) is 3.03. The van der Waals surface area contributed by atoms with E-state index in [2.05, 4.69) is 37.4 Å². The fourth-order valence-corrected chi connectivity index (χ4v) is 8.92. The molecule has 1 aliphatic rings. The third-order valence-electron chi connectivity index (χ3n) is 13.5. The largest absolute Gasteiger partial charge is 0.481 e. The minimum Gasteiger partial charge on any atom is -0.481 e. The molecule has 1 unspecified atom stereocenters. The van der Waals surface area contributed by atoms with Crippen LogP contribution in [0.4, 0.5) is 5.69 Å². The number of nitrogens with zero attached hydrogens (tertiary/aromatic N) is 2. The average Bonchev–Trinajstić information content (AvgIpc) is 3.34. The van der Waals surface area contributed by atoms with Crippen LogP contribution in [0.5, 0.6) is 0 Å². The molecule has 76 heavy (non-hydrogen) atoms. The molecule has 0 spiro atoms. The molecule has 3 rings (SSSR count). The number of likely N-dealkylation sites (N-methyl/N-ethyl adjacent to an activating group) is 1. The fraction of sp³-hybridized carbons (Fsp3) is 0.600. The number of carboxylic acid groups (broad SMARTS) is 1. The number of carboxylic acids is 1. The maximum atomic E-state index is 14.1. The minimum absolute atomic E-state index is 0.0415. The highest BCUT2D eigenvalue weighted by molar-refractivity contribution is 5.99. The second kappa shape index (κ2) is 29.9. The van der Waals surface area contributed by atoms with Crippen molar-refractivity contribution in [2.75, 3.05) is 39.0 Å². The number of carbonyl (C=O) groups is 8. The van der Waals surface area contributed by atoms with Crippen LogP contribution in [0.1, 0.15) is 119 Å². The lowest BCUT2D eigenvalue weighted by Crippen LogP contribution is -2.61. The van der Waals surface area contributed by atoms with Gasteiger partial charge in [0.25, 0.3) is 5.91 Å². The molecule has 1 heterocycles. The van der Waals surface area contributed by atoms with E-state index in [4.69, 9.17) is 10.6 Å². The van der Waals surface area contributed by atoms with Gasteiger partial charge in [-0.2, -0.15) is 0 Å². The molecule has 0 aromatic heterocycles. The van der Waals surface area contributed by atoms with E-state index in [-0.39, 0.29) is 68.8 Å². The van der Waals surface area contributed by atoms with E-state index in [0.717, 1.165) is 5.56 Å². The number of nitrogens with two attached hydrogens (primary N) is 1. The molecular formula is C55H86N10O11. The molecule has 6 atom stereocenters. The molecule has 0 aliphatic carbocycles. The summed E-state index contributed by atoms with van der Waals surface area (Å²) in [5.41, 5.74) is 8.87. The highest BCUT2D eigenvalue weighted by atomic mass is 16.6. The van der Waals surface area contributed by atoms with Gasteiger partial charge in [0.15, 0.2) is 6.35 Å². The number of aliphatic carboxylic acids is 1. The van der Waals surface area contributed by atoms with Crippen molar-refractivity contribution in [3.63, 3.8) is 0 Å². The number of rotatable bonds is 28. The summed E-state index contributed by atoms with van der Waals surface area (Å²) in [4.78, 5) is 115. The highest BCUT2D eigenvalue weighted by Gasteiger charge is 2.42. The fourth-order valence-electron chi connectivity index (χ4n) is 8.92. The SMILES string of the molecule is C/C(=C\[C@@H](NC(=O)[C@@H](NC(=O)[C@@H](N(C)C)C(C)(C)c1ccccc1)C(C)(C)C)C(C)C)C(=O)NOCc1ccc(NC(=O)[C@H](CCCNC(N)O)NC(=O)[C@@H](NC(=O)CCC(=O)N2CCC(C(=O)O)CC2)C(C)C)cc1. The number of hydrogen-bond acceptors (Lipinski definition) is 13. The quantitative estimate of drug-likeness (QED) is 0.0254. The van der Waals surface area contributed by atoms with Crippen LogP contribution in [0.15, 0.2) is 66.2 Å². The van der Waals surface area contributed by atoms with Gasteiger partial charge in [-0.15, -0.1) is 0 Å². The lowest BCUT2D eigenvalue weighted by Gasteiger charge is -2.40. The number of amides is 7. The molecule has 21 heteroatoms. The Morgan fingerprint density at radius 3 is 1.96 bits per heavy atom. The van der Waals surface area contributed by atoms with E-state index < -0.39 is 94.7 Å². The number of hydroxylamine groups is 1. The van der Waals surface area contributed by atoms with E-state index >= 15 is 0 Å². The van der Waals surface area contributed by atoms with E-state index in [9.17, 15) is 48.6 Å². The summed E-state index contributed by atoms with van der Waals surface area (Å²) in [6, 6.07) is 12.1. The van der Waals surface area contributed by atoms with Gasteiger partial charge in [-0.25, -0.2) is 5.48 Å². The molecule has 21 nitrogen and oxygen atoms in total. The van der Waals surface area contributed by atoms with Crippen LogP contribution in [-0.2, 0) is 55.2 Å². The van der Waals surface area contributed by atoms with Crippen molar-refractivity contribution in [3.05, 3.63) is 77.4 Å². The van der Waals surface area contributed by atoms with E-state index in [1.807, 2.05) is 97.8 Å². The number of nitrogens with one attached hydrogen (secondary N) is 7. The first-order valence-corrected chi connectivity index (χ1v) is 26.1. The second-order valence-electron chi connectivity index (χ2n) is 22.2. The molecule has 1 fully saturated rings. The molecule has 7 amide bonds. The minimum atomic E-state index is -1.28. The monoisotopic (exact) mass is 1060 g/mol. The maximum Gasteiger partial charge on any atom is 0.306 e. The number of likely N-dealkylation sites (tertiary alicyclic amines) is 1. The molecule has 422 valence electrons. The van der Waals surface area contributed by atoms with Gasteiger partial charge in [0.05, 0.1) is 24.6 Å². The molecule has 0 radical (unpaired) electrons. The van der Waals surface area contributed by atoms with Crippen LogP contribution in [0.25, 0.3) is 0 Å². The Hall–Kier alpha value is -6.26. The summed E-state index contributed by atoms with van der Waals surface area (Å²) in [6.07, 6.45) is 1.20. The Kier molecular flexibility index (Phi) is 25.2. The third kappa shape index (κ3) is 20.4. The molecule has 2 aromatic carbocycles. The van der Waals surface area contributed by atoms with E-state index in [1.165, 1.54) is 0 Å². The number of benzene rings is 2. The Balaban J connectivity index is 1.61. The van der Waals surface area contributed by atoms with E-state index in [1.54, 1.807) is 56.0 Å². The third-order valence-corrected chi connectivity index (χ3v) is 13.5. The molecule has 11 N–H and O–H groups in total. The van der Waals surface area contributed by atoms with Gasteiger partial charge in [0.2, 0.25) is 35.4 Å². The van der Waals surface area contributed by atoms with Gasteiger partial charge in [-0.1, -0.05) is 111 Å². The van der Waals surface area contributed by atoms with Crippen molar-refractivity contribution in [2.45, 2.75) is 156 Å². The van der Waals surface area contributed by atoms with Crippen molar-refractivity contribution in [1.29, 1.82) is 0 Å². The second-order valence-corrected chi connectivity index (χ2v) is 22.2. The Morgan fingerprint density at radius 2 is 1.42 bits per heavy atom. The van der Waals surface area contributed by atoms with Gasteiger partial charge in [-0.3, -0.25) is 59.1 Å². The summed E-state index contributed by atoms with van der Waals surface area (Å²) >= 11 is 0. The zero-order chi connectivity index (χ0) is 57.1. The van der Waals surface area contributed by atoms with Gasteiger partial charge in [-0.05, 0) is 93.8 Å². The average molecular weight is 1060 g/mol. The first-order valence-electron chi connectivity index (χ1n) is 26.1. The van der Waals surface area contributed by atoms with Gasteiger partial charge < -0.3 is 41.7 Å². The molecule has 2 aromatic rings. The van der Waals surface area contributed by atoms with Crippen LogP contribution in [0, 0.1) is 23.2 Å². The lowest BCUT2D eigenvalue weighted by atomic mass is 9.76. The van der Waals surface area contributed by atoms with Crippen molar-refractivity contribution >= 4 is 53.0 Å². The number of piperidine rings is 1. The lowest BCUT2D eigenvalue weighted by molar-refractivity contribution is -0.145.